The zero-order valence-corrected chi connectivity index (χ0v) is 18.7. The third-order valence-electron chi connectivity index (χ3n) is 5.86. The van der Waals surface area contributed by atoms with E-state index < -0.39 is 6.10 Å². The average Bonchev–Trinajstić information content (AvgIpc) is 3.29. The molecule has 0 aliphatic rings. The highest BCUT2D eigenvalue weighted by Crippen LogP contribution is 2.33. The second kappa shape index (κ2) is 8.75. The molecule has 32 heavy (non-hydrogen) atoms. The Bertz CT molecular complexity index is 1370. The van der Waals surface area contributed by atoms with Crippen molar-refractivity contribution in [3.63, 3.8) is 0 Å². The van der Waals surface area contributed by atoms with Crippen molar-refractivity contribution in [3.05, 3.63) is 82.2 Å². The lowest BCUT2D eigenvalue weighted by Gasteiger charge is -2.15. The number of nitrogens with zero attached hydrogens (tertiary/aromatic N) is 1. The number of nitrogens with one attached hydrogen (secondary N) is 2. The Morgan fingerprint density at radius 2 is 1.62 bits per heavy atom. The minimum absolute atomic E-state index is 0.248. The normalized spacial score (nSPS) is 12.9. The molecule has 0 spiro atoms. The predicted octanol–water partition coefficient (Wildman–Crippen LogP) is 5.91. The maximum Gasteiger partial charge on any atom is 0.125 e. The fourth-order valence-corrected chi connectivity index (χ4v) is 4.72. The standard InChI is InChI=1S/C25H22Cl2FN3O/c26-16-1-5-24-21(9-16)22-10-17(27)2-6-25(22)31(24)14-19(32)13-29-8-7-15-12-30-23-11-18(28)3-4-20(15)23/h1-6,9-12,19,29-30,32H,7-8,13-14H2. The smallest absolute Gasteiger partial charge is 0.125 e. The Hall–Kier alpha value is -2.57. The summed E-state index contributed by atoms with van der Waals surface area (Å²) in [4.78, 5) is 3.11. The molecule has 1 atom stereocenters. The van der Waals surface area contributed by atoms with E-state index in [1.54, 1.807) is 6.07 Å². The number of aromatic nitrogens is 2. The highest BCUT2D eigenvalue weighted by atomic mass is 35.5. The summed E-state index contributed by atoms with van der Waals surface area (Å²) >= 11 is 12.4. The molecule has 0 radical (unpaired) electrons. The van der Waals surface area contributed by atoms with Crippen molar-refractivity contribution in [3.8, 4) is 0 Å². The van der Waals surface area contributed by atoms with Crippen molar-refractivity contribution in [2.24, 2.45) is 0 Å². The van der Waals surface area contributed by atoms with E-state index in [1.807, 2.05) is 42.6 Å². The molecule has 0 amide bonds. The van der Waals surface area contributed by atoms with Crippen LogP contribution in [0.3, 0.4) is 0 Å². The number of aromatic amines is 1. The Morgan fingerprint density at radius 3 is 2.31 bits per heavy atom. The Labute approximate surface area is 194 Å². The highest BCUT2D eigenvalue weighted by molar-refractivity contribution is 6.33. The van der Waals surface area contributed by atoms with Crippen molar-refractivity contribution in [2.75, 3.05) is 13.1 Å². The van der Waals surface area contributed by atoms with Crippen LogP contribution in [0.5, 0.6) is 0 Å². The molecule has 7 heteroatoms. The van der Waals surface area contributed by atoms with Crippen LogP contribution in [-0.4, -0.2) is 33.9 Å². The maximum absolute atomic E-state index is 13.4. The third-order valence-corrected chi connectivity index (χ3v) is 6.33. The van der Waals surface area contributed by atoms with E-state index in [9.17, 15) is 9.50 Å². The molecule has 0 aliphatic heterocycles. The topological polar surface area (TPSA) is 53.0 Å². The molecule has 1 unspecified atom stereocenters. The van der Waals surface area contributed by atoms with Crippen LogP contribution >= 0.6 is 23.2 Å². The molecule has 164 valence electrons. The third kappa shape index (κ3) is 4.09. The van der Waals surface area contributed by atoms with Crippen LogP contribution in [-0.2, 0) is 13.0 Å². The molecule has 5 aromatic rings. The number of halogens is 3. The average molecular weight is 470 g/mol. The lowest BCUT2D eigenvalue weighted by Crippen LogP contribution is -2.31. The maximum atomic E-state index is 13.4. The van der Waals surface area contributed by atoms with Gasteiger partial charge in [-0.05, 0) is 73.1 Å². The highest BCUT2D eigenvalue weighted by Gasteiger charge is 2.15. The van der Waals surface area contributed by atoms with Gasteiger partial charge in [-0.1, -0.05) is 23.2 Å². The number of aliphatic hydroxyl groups is 1. The van der Waals surface area contributed by atoms with Gasteiger partial charge in [0.1, 0.15) is 5.82 Å². The van der Waals surface area contributed by atoms with Crippen molar-refractivity contribution >= 4 is 55.9 Å². The van der Waals surface area contributed by atoms with E-state index >= 15 is 0 Å². The first-order valence-electron chi connectivity index (χ1n) is 10.5. The first-order valence-corrected chi connectivity index (χ1v) is 11.3. The fraction of sp³-hybridized carbons (Fsp3) is 0.200. The van der Waals surface area contributed by atoms with E-state index in [1.165, 1.54) is 12.1 Å². The van der Waals surface area contributed by atoms with Crippen LogP contribution in [0.1, 0.15) is 5.56 Å². The van der Waals surface area contributed by atoms with Crippen LogP contribution < -0.4 is 5.32 Å². The van der Waals surface area contributed by atoms with Gasteiger partial charge >= 0.3 is 0 Å². The molecule has 2 heterocycles. The molecule has 2 aromatic heterocycles. The minimum atomic E-state index is -0.572. The van der Waals surface area contributed by atoms with Gasteiger partial charge in [0.25, 0.3) is 0 Å². The van der Waals surface area contributed by atoms with E-state index in [2.05, 4.69) is 14.9 Å². The molecular weight excluding hydrogens is 448 g/mol. The van der Waals surface area contributed by atoms with Crippen molar-refractivity contribution in [1.82, 2.24) is 14.9 Å². The van der Waals surface area contributed by atoms with Gasteiger partial charge in [0, 0.05) is 55.5 Å². The second-order valence-corrected chi connectivity index (χ2v) is 8.92. The van der Waals surface area contributed by atoms with Crippen LogP contribution in [0.25, 0.3) is 32.7 Å². The van der Waals surface area contributed by atoms with Gasteiger partial charge in [-0.25, -0.2) is 4.39 Å². The molecule has 3 N–H and O–H groups in total. The van der Waals surface area contributed by atoms with E-state index in [0.717, 1.165) is 44.7 Å². The summed E-state index contributed by atoms with van der Waals surface area (Å²) in [6.07, 6.45) is 2.12. The predicted molar refractivity (Wildman–Crippen MR) is 130 cm³/mol. The zero-order chi connectivity index (χ0) is 22.2. The number of fused-ring (bicyclic) bond motifs is 4. The number of hydrogen-bond donors (Lipinski definition) is 3. The molecule has 0 saturated heterocycles. The Morgan fingerprint density at radius 1 is 0.938 bits per heavy atom. The van der Waals surface area contributed by atoms with Crippen LogP contribution in [0.2, 0.25) is 10.0 Å². The van der Waals surface area contributed by atoms with Gasteiger partial charge in [0.05, 0.1) is 12.6 Å². The summed E-state index contributed by atoms with van der Waals surface area (Å²) in [7, 11) is 0. The minimum Gasteiger partial charge on any atom is -0.390 e. The monoisotopic (exact) mass is 469 g/mol. The van der Waals surface area contributed by atoms with E-state index in [4.69, 9.17) is 23.2 Å². The second-order valence-electron chi connectivity index (χ2n) is 8.05. The summed E-state index contributed by atoms with van der Waals surface area (Å²) in [5, 5.41) is 18.5. The van der Waals surface area contributed by atoms with Gasteiger partial charge in [0.15, 0.2) is 0 Å². The summed E-state index contributed by atoms with van der Waals surface area (Å²) in [5.74, 6) is -0.248. The first kappa shape index (κ1) is 21.3. The van der Waals surface area contributed by atoms with E-state index in [0.29, 0.717) is 29.7 Å². The van der Waals surface area contributed by atoms with Gasteiger partial charge < -0.3 is 20.0 Å². The zero-order valence-electron chi connectivity index (χ0n) is 17.2. The largest absolute Gasteiger partial charge is 0.390 e. The first-order chi connectivity index (χ1) is 15.5. The van der Waals surface area contributed by atoms with Crippen LogP contribution in [0, 0.1) is 5.82 Å². The molecule has 5 rings (SSSR count). The van der Waals surface area contributed by atoms with Crippen LogP contribution in [0.4, 0.5) is 4.39 Å². The number of rotatable bonds is 7. The number of aliphatic hydroxyl groups excluding tert-OH is 1. The molecule has 0 fully saturated rings. The summed E-state index contributed by atoms with van der Waals surface area (Å²) < 4.78 is 15.5. The molecule has 3 aromatic carbocycles. The number of benzene rings is 3. The van der Waals surface area contributed by atoms with Gasteiger partial charge in [-0.15, -0.1) is 0 Å². The molecular formula is C25H22Cl2FN3O. The van der Waals surface area contributed by atoms with Gasteiger partial charge in [-0.3, -0.25) is 0 Å². The lowest BCUT2D eigenvalue weighted by atomic mass is 10.1. The van der Waals surface area contributed by atoms with Crippen molar-refractivity contribution in [2.45, 2.75) is 19.1 Å². The SMILES string of the molecule is OC(CNCCc1c[nH]c2cc(F)ccc12)Cn1c2ccc(Cl)cc2c2cc(Cl)ccc21. The molecule has 4 nitrogen and oxygen atoms in total. The number of hydrogen-bond acceptors (Lipinski definition) is 2. The van der Waals surface area contributed by atoms with Crippen molar-refractivity contribution in [1.29, 1.82) is 0 Å². The summed E-state index contributed by atoms with van der Waals surface area (Å²) in [6, 6.07) is 16.3. The Balaban J connectivity index is 1.27. The Kier molecular flexibility index (Phi) is 5.82. The molecule has 0 bridgehead atoms. The van der Waals surface area contributed by atoms with Gasteiger partial charge in [0.2, 0.25) is 0 Å². The molecule has 0 aliphatic carbocycles. The molecule has 0 saturated carbocycles. The van der Waals surface area contributed by atoms with Gasteiger partial charge in [-0.2, -0.15) is 0 Å². The summed E-state index contributed by atoms with van der Waals surface area (Å²) in [6.45, 7) is 1.61. The lowest BCUT2D eigenvalue weighted by molar-refractivity contribution is 0.154. The van der Waals surface area contributed by atoms with Crippen molar-refractivity contribution < 1.29 is 9.50 Å². The summed E-state index contributed by atoms with van der Waals surface area (Å²) in [5.41, 5.74) is 3.94. The van der Waals surface area contributed by atoms with Crippen LogP contribution in [0.15, 0.2) is 60.8 Å². The quantitative estimate of drug-likeness (QED) is 0.259. The number of H-pyrrole nitrogens is 1. The van der Waals surface area contributed by atoms with E-state index in [-0.39, 0.29) is 5.82 Å². The fourth-order valence-electron chi connectivity index (χ4n) is 4.38.